The van der Waals surface area contributed by atoms with Gasteiger partial charge in [0.2, 0.25) is 0 Å². The first-order chi connectivity index (χ1) is 9.47. The van der Waals surface area contributed by atoms with E-state index in [9.17, 15) is 9.59 Å². The highest BCUT2D eigenvalue weighted by Crippen LogP contribution is 2.32. The average Bonchev–Trinajstić information content (AvgIpc) is 2.81. The largest absolute Gasteiger partial charge is 0.464 e. The van der Waals surface area contributed by atoms with Crippen molar-refractivity contribution in [1.29, 1.82) is 0 Å². The van der Waals surface area contributed by atoms with Crippen LogP contribution in [0, 0.1) is 0 Å². The standard InChI is InChI=1S/C14H24O6/c1-5-8-17-12(15)10-11(13(16)18-9-6-2)20-14(4,7-3)19-10/h10-11H,5-9H2,1-4H3. The van der Waals surface area contributed by atoms with Crippen molar-refractivity contribution in [2.24, 2.45) is 0 Å². The van der Waals surface area contributed by atoms with E-state index >= 15 is 0 Å². The van der Waals surface area contributed by atoms with Gasteiger partial charge in [-0.2, -0.15) is 0 Å². The van der Waals surface area contributed by atoms with E-state index in [2.05, 4.69) is 0 Å². The fraction of sp³-hybridized carbons (Fsp3) is 0.857. The molecule has 0 aromatic rings. The van der Waals surface area contributed by atoms with Crippen LogP contribution in [0.5, 0.6) is 0 Å². The third-order valence-electron chi connectivity index (χ3n) is 3.03. The Labute approximate surface area is 119 Å². The highest BCUT2D eigenvalue weighted by Gasteiger charge is 2.51. The monoisotopic (exact) mass is 288 g/mol. The molecule has 0 radical (unpaired) electrons. The van der Waals surface area contributed by atoms with Gasteiger partial charge in [-0.25, -0.2) is 9.59 Å². The summed E-state index contributed by atoms with van der Waals surface area (Å²) in [7, 11) is 0. The van der Waals surface area contributed by atoms with Crippen molar-refractivity contribution in [3.05, 3.63) is 0 Å². The van der Waals surface area contributed by atoms with E-state index < -0.39 is 29.9 Å². The number of hydrogen-bond donors (Lipinski definition) is 0. The normalized spacial score (nSPS) is 29.2. The third-order valence-corrected chi connectivity index (χ3v) is 3.03. The molecule has 6 heteroatoms. The van der Waals surface area contributed by atoms with Crippen molar-refractivity contribution < 1.29 is 28.5 Å². The molecule has 0 spiro atoms. The van der Waals surface area contributed by atoms with E-state index in [0.29, 0.717) is 19.3 Å². The lowest BCUT2D eigenvalue weighted by Crippen LogP contribution is -2.39. The van der Waals surface area contributed by atoms with Crippen LogP contribution in [0.4, 0.5) is 0 Å². The van der Waals surface area contributed by atoms with Gasteiger partial charge in [0.05, 0.1) is 13.2 Å². The predicted molar refractivity (Wildman–Crippen MR) is 70.9 cm³/mol. The molecule has 1 heterocycles. The van der Waals surface area contributed by atoms with Crippen molar-refractivity contribution in [3.8, 4) is 0 Å². The summed E-state index contributed by atoms with van der Waals surface area (Å²) in [6.07, 6.45) is -0.195. The van der Waals surface area contributed by atoms with Crippen molar-refractivity contribution in [3.63, 3.8) is 0 Å². The van der Waals surface area contributed by atoms with Crippen molar-refractivity contribution in [2.45, 2.75) is 65.0 Å². The SMILES string of the molecule is CCCOC(=O)C1OC(C)(CC)OC1C(=O)OCCC. The second-order valence-electron chi connectivity index (χ2n) is 4.90. The van der Waals surface area contributed by atoms with Gasteiger partial charge < -0.3 is 18.9 Å². The average molecular weight is 288 g/mol. The Bertz CT molecular complexity index is 313. The summed E-state index contributed by atoms with van der Waals surface area (Å²) in [5.41, 5.74) is 0. The molecule has 0 aromatic carbocycles. The Balaban J connectivity index is 2.76. The maximum absolute atomic E-state index is 12.0. The molecular weight excluding hydrogens is 264 g/mol. The van der Waals surface area contributed by atoms with E-state index in [0.717, 1.165) is 0 Å². The number of carbonyl (C=O) groups is 2. The molecule has 116 valence electrons. The van der Waals surface area contributed by atoms with Crippen LogP contribution in [0.1, 0.15) is 47.0 Å². The summed E-state index contributed by atoms with van der Waals surface area (Å²) in [5.74, 6) is -2.13. The highest BCUT2D eigenvalue weighted by atomic mass is 16.8. The van der Waals surface area contributed by atoms with Gasteiger partial charge in [0.1, 0.15) is 0 Å². The smallest absolute Gasteiger partial charge is 0.338 e. The number of rotatable bonds is 7. The lowest BCUT2D eigenvalue weighted by atomic mass is 10.2. The topological polar surface area (TPSA) is 71.1 Å². The quantitative estimate of drug-likeness (QED) is 0.665. The zero-order chi connectivity index (χ0) is 15.2. The van der Waals surface area contributed by atoms with Crippen LogP contribution in [0.25, 0.3) is 0 Å². The zero-order valence-electron chi connectivity index (χ0n) is 12.6. The Morgan fingerprint density at radius 3 is 1.65 bits per heavy atom. The molecule has 1 fully saturated rings. The van der Waals surface area contributed by atoms with E-state index in [1.807, 2.05) is 20.8 Å². The molecule has 0 saturated carbocycles. The molecule has 20 heavy (non-hydrogen) atoms. The summed E-state index contributed by atoms with van der Waals surface area (Å²) in [6.45, 7) is 7.91. The lowest BCUT2D eigenvalue weighted by molar-refractivity contribution is -0.182. The molecule has 1 aliphatic heterocycles. The minimum atomic E-state index is -1.06. The Morgan fingerprint density at radius 1 is 0.950 bits per heavy atom. The highest BCUT2D eigenvalue weighted by molar-refractivity contribution is 5.86. The predicted octanol–water partition coefficient (Wildman–Crippen LogP) is 1.80. The van der Waals surface area contributed by atoms with Gasteiger partial charge in [-0.05, 0) is 26.2 Å². The summed E-state index contributed by atoms with van der Waals surface area (Å²) in [6, 6.07) is 0. The second-order valence-corrected chi connectivity index (χ2v) is 4.90. The molecule has 1 saturated heterocycles. The first-order valence-corrected chi connectivity index (χ1v) is 7.16. The lowest BCUT2D eigenvalue weighted by Gasteiger charge is -2.20. The Kier molecular flexibility index (Phi) is 6.42. The number of carbonyl (C=O) groups excluding carboxylic acids is 2. The van der Waals surface area contributed by atoms with E-state index in [1.165, 1.54) is 0 Å². The molecule has 1 rings (SSSR count). The Morgan fingerprint density at radius 2 is 1.35 bits per heavy atom. The molecule has 0 aromatic heterocycles. The maximum Gasteiger partial charge on any atom is 0.338 e. The minimum absolute atomic E-state index is 0.290. The van der Waals surface area contributed by atoms with Gasteiger partial charge >= 0.3 is 11.9 Å². The van der Waals surface area contributed by atoms with E-state index in [-0.39, 0.29) is 13.2 Å². The summed E-state index contributed by atoms with van der Waals surface area (Å²) < 4.78 is 21.2. The fourth-order valence-electron chi connectivity index (χ4n) is 1.77. The molecule has 2 atom stereocenters. The number of ether oxygens (including phenoxy) is 4. The number of esters is 2. The molecule has 2 unspecified atom stereocenters. The summed E-state index contributed by atoms with van der Waals surface area (Å²) >= 11 is 0. The minimum Gasteiger partial charge on any atom is -0.464 e. The van der Waals surface area contributed by atoms with Crippen LogP contribution >= 0.6 is 0 Å². The molecule has 0 amide bonds. The van der Waals surface area contributed by atoms with Crippen molar-refractivity contribution in [2.75, 3.05) is 13.2 Å². The van der Waals surface area contributed by atoms with Crippen LogP contribution < -0.4 is 0 Å². The number of hydrogen-bond acceptors (Lipinski definition) is 6. The van der Waals surface area contributed by atoms with Crippen LogP contribution in [0.15, 0.2) is 0 Å². The first kappa shape index (κ1) is 16.9. The first-order valence-electron chi connectivity index (χ1n) is 7.16. The maximum atomic E-state index is 12.0. The van der Waals surface area contributed by atoms with Gasteiger partial charge in [-0.15, -0.1) is 0 Å². The van der Waals surface area contributed by atoms with Gasteiger partial charge in [-0.1, -0.05) is 20.8 Å². The zero-order valence-corrected chi connectivity index (χ0v) is 12.6. The molecule has 0 N–H and O–H groups in total. The fourth-order valence-corrected chi connectivity index (χ4v) is 1.77. The molecule has 1 aliphatic rings. The van der Waals surface area contributed by atoms with Crippen LogP contribution in [-0.4, -0.2) is 43.1 Å². The second kappa shape index (κ2) is 7.59. The van der Waals surface area contributed by atoms with Crippen LogP contribution in [-0.2, 0) is 28.5 Å². The van der Waals surface area contributed by atoms with E-state index in [4.69, 9.17) is 18.9 Å². The van der Waals surface area contributed by atoms with Crippen molar-refractivity contribution in [1.82, 2.24) is 0 Å². The van der Waals surface area contributed by atoms with E-state index in [1.54, 1.807) is 6.92 Å². The summed E-state index contributed by atoms with van der Waals surface area (Å²) in [5, 5.41) is 0. The van der Waals surface area contributed by atoms with Gasteiger partial charge in [0.25, 0.3) is 0 Å². The third kappa shape index (κ3) is 4.18. The van der Waals surface area contributed by atoms with Crippen LogP contribution in [0.2, 0.25) is 0 Å². The van der Waals surface area contributed by atoms with Crippen LogP contribution in [0.3, 0.4) is 0 Å². The van der Waals surface area contributed by atoms with Gasteiger partial charge in [0, 0.05) is 0 Å². The van der Waals surface area contributed by atoms with Crippen molar-refractivity contribution >= 4 is 11.9 Å². The van der Waals surface area contributed by atoms with Gasteiger partial charge in [0.15, 0.2) is 18.0 Å². The molecule has 6 nitrogen and oxygen atoms in total. The molecule has 0 aliphatic carbocycles. The molecule has 0 bridgehead atoms. The molecular formula is C14H24O6. The van der Waals surface area contributed by atoms with Gasteiger partial charge in [-0.3, -0.25) is 0 Å². The summed E-state index contributed by atoms with van der Waals surface area (Å²) in [4.78, 5) is 23.9. The Hall–Kier alpha value is -1.14.